The molecule has 0 bridgehead atoms. The maximum absolute atomic E-state index is 12.4. The highest BCUT2D eigenvalue weighted by Crippen LogP contribution is 2.43. The van der Waals surface area contributed by atoms with Crippen LogP contribution >= 0.6 is 27.7 Å². The zero-order chi connectivity index (χ0) is 15.3. The van der Waals surface area contributed by atoms with Gasteiger partial charge in [0.05, 0.1) is 10.5 Å². The molecule has 9 heteroatoms. The molecule has 2 nitrogen and oxygen atoms in total. The summed E-state index contributed by atoms with van der Waals surface area (Å²) in [5, 5.41) is 0.261. The van der Waals surface area contributed by atoms with Crippen LogP contribution in [0.2, 0.25) is 0 Å². The predicted molar refractivity (Wildman–Crippen MR) is 67.7 cm³/mol. The van der Waals surface area contributed by atoms with Gasteiger partial charge in [0.15, 0.2) is 11.5 Å². The lowest BCUT2D eigenvalue weighted by Crippen LogP contribution is -2.11. The lowest BCUT2D eigenvalue weighted by Gasteiger charge is -2.15. The number of benzene rings is 1. The van der Waals surface area contributed by atoms with Gasteiger partial charge in [0, 0.05) is 11.8 Å². The zero-order valence-electron chi connectivity index (χ0n) is 9.72. The molecule has 0 aliphatic heterocycles. The number of para-hydroxylation sites is 1. The number of alkyl halides is 6. The molecular formula is C11H8BrF5O2S. The van der Waals surface area contributed by atoms with Crippen LogP contribution < -0.4 is 4.74 Å². The second-order valence-electron chi connectivity index (χ2n) is 3.42. The average Bonchev–Trinajstić information content (AvgIpc) is 2.29. The molecule has 0 aromatic heterocycles. The quantitative estimate of drug-likeness (QED) is 0.305. The molecule has 0 fully saturated rings. The summed E-state index contributed by atoms with van der Waals surface area (Å²) in [5.41, 5.74) is -4.96. The Labute approximate surface area is 123 Å². The smallest absolute Gasteiger partial charge is 0.433 e. The molecule has 0 spiro atoms. The minimum Gasteiger partial charge on any atom is -0.433 e. The van der Waals surface area contributed by atoms with Crippen molar-refractivity contribution in [3.63, 3.8) is 0 Å². The van der Waals surface area contributed by atoms with E-state index in [1.807, 2.05) is 0 Å². The SMILES string of the molecule is O=C(CCBr)c1cccc(SC(F)(F)F)c1OC(F)F. The van der Waals surface area contributed by atoms with Crippen LogP contribution in [-0.4, -0.2) is 23.2 Å². The van der Waals surface area contributed by atoms with Gasteiger partial charge in [-0.25, -0.2) is 0 Å². The second-order valence-corrected chi connectivity index (χ2v) is 5.32. The summed E-state index contributed by atoms with van der Waals surface area (Å²) in [4.78, 5) is 11.1. The second kappa shape index (κ2) is 7.26. The summed E-state index contributed by atoms with van der Waals surface area (Å²) >= 11 is 2.39. The van der Waals surface area contributed by atoms with Gasteiger partial charge in [0.2, 0.25) is 0 Å². The lowest BCUT2D eigenvalue weighted by atomic mass is 10.1. The first-order valence-electron chi connectivity index (χ1n) is 5.17. The Kier molecular flexibility index (Phi) is 6.25. The van der Waals surface area contributed by atoms with Gasteiger partial charge in [0.1, 0.15) is 0 Å². The summed E-state index contributed by atoms with van der Waals surface area (Å²) in [6.45, 7) is -3.32. The molecule has 0 saturated heterocycles. The first-order valence-corrected chi connectivity index (χ1v) is 7.11. The summed E-state index contributed by atoms with van der Waals surface area (Å²) in [7, 11) is 0. The van der Waals surface area contributed by atoms with Crippen LogP contribution in [0.1, 0.15) is 16.8 Å². The van der Waals surface area contributed by atoms with E-state index in [4.69, 9.17) is 0 Å². The lowest BCUT2D eigenvalue weighted by molar-refractivity contribution is -0.0530. The van der Waals surface area contributed by atoms with Crippen molar-refractivity contribution in [3.05, 3.63) is 23.8 Å². The van der Waals surface area contributed by atoms with Gasteiger partial charge in [0.25, 0.3) is 0 Å². The molecule has 112 valence electrons. The van der Waals surface area contributed by atoms with Gasteiger partial charge in [-0.1, -0.05) is 22.0 Å². The molecular weight excluding hydrogens is 371 g/mol. The van der Waals surface area contributed by atoms with E-state index in [0.29, 0.717) is 0 Å². The van der Waals surface area contributed by atoms with Crippen molar-refractivity contribution in [2.75, 3.05) is 5.33 Å². The van der Waals surface area contributed by atoms with Crippen molar-refractivity contribution in [3.8, 4) is 5.75 Å². The molecule has 0 heterocycles. The molecule has 0 radical (unpaired) electrons. The van der Waals surface area contributed by atoms with E-state index in [-0.39, 0.29) is 17.3 Å². The number of carbonyl (C=O) groups is 1. The standard InChI is InChI=1S/C11H8BrF5O2S/c12-5-4-7(18)6-2-1-3-8(20-11(15,16)17)9(6)19-10(13)14/h1-3,10H,4-5H2. The third-order valence-electron chi connectivity index (χ3n) is 2.03. The van der Waals surface area contributed by atoms with E-state index >= 15 is 0 Å². The average molecular weight is 379 g/mol. The summed E-state index contributed by atoms with van der Waals surface area (Å²) in [6, 6.07) is 3.32. The summed E-state index contributed by atoms with van der Waals surface area (Å²) in [5.74, 6) is -1.32. The Morgan fingerprint density at radius 2 is 2.00 bits per heavy atom. The Hall–Kier alpha value is -0.830. The minimum atomic E-state index is -4.67. The maximum Gasteiger partial charge on any atom is 0.446 e. The molecule has 0 N–H and O–H groups in total. The number of ketones is 1. The highest BCUT2D eigenvalue weighted by atomic mass is 79.9. The van der Waals surface area contributed by atoms with Crippen LogP contribution in [0, 0.1) is 0 Å². The highest BCUT2D eigenvalue weighted by molar-refractivity contribution is 9.09. The number of hydrogen-bond donors (Lipinski definition) is 0. The Balaban J connectivity index is 3.23. The van der Waals surface area contributed by atoms with Crippen molar-refractivity contribution in [1.29, 1.82) is 0 Å². The van der Waals surface area contributed by atoms with Crippen molar-refractivity contribution in [2.24, 2.45) is 0 Å². The first-order chi connectivity index (χ1) is 9.24. The van der Waals surface area contributed by atoms with Crippen LogP contribution in [0.15, 0.2) is 23.1 Å². The van der Waals surface area contributed by atoms with Gasteiger partial charge >= 0.3 is 12.1 Å². The van der Waals surface area contributed by atoms with Crippen LogP contribution in [0.4, 0.5) is 22.0 Å². The van der Waals surface area contributed by atoms with Crippen LogP contribution in [0.5, 0.6) is 5.75 Å². The normalized spacial score (nSPS) is 11.8. The van der Waals surface area contributed by atoms with Crippen LogP contribution in [0.25, 0.3) is 0 Å². The number of thioether (sulfide) groups is 1. The number of halogens is 6. The minimum absolute atomic E-state index is 0.0419. The highest BCUT2D eigenvalue weighted by Gasteiger charge is 2.32. The topological polar surface area (TPSA) is 26.3 Å². The van der Waals surface area contributed by atoms with Crippen molar-refractivity contribution < 1.29 is 31.5 Å². The molecule has 1 aromatic rings. The van der Waals surface area contributed by atoms with Crippen molar-refractivity contribution >= 4 is 33.5 Å². The molecule has 0 saturated carbocycles. The summed E-state index contributed by atoms with van der Waals surface area (Å²) in [6.07, 6.45) is -0.0419. The van der Waals surface area contributed by atoms with E-state index in [2.05, 4.69) is 20.7 Å². The predicted octanol–water partition coefficient (Wildman–Crippen LogP) is 4.87. The molecule has 0 atom stereocenters. The first kappa shape index (κ1) is 17.2. The van der Waals surface area contributed by atoms with E-state index in [0.717, 1.165) is 12.1 Å². The molecule has 1 aromatic carbocycles. The number of carbonyl (C=O) groups excluding carboxylic acids is 1. The Morgan fingerprint density at radius 1 is 1.35 bits per heavy atom. The third-order valence-corrected chi connectivity index (χ3v) is 3.20. The fourth-order valence-electron chi connectivity index (χ4n) is 1.37. The largest absolute Gasteiger partial charge is 0.446 e. The van der Waals surface area contributed by atoms with E-state index in [9.17, 15) is 26.7 Å². The molecule has 0 unspecified atom stereocenters. The summed E-state index contributed by atoms with van der Waals surface area (Å²) < 4.78 is 65.9. The van der Waals surface area contributed by atoms with E-state index in [1.165, 1.54) is 6.07 Å². The van der Waals surface area contributed by atoms with Crippen molar-refractivity contribution in [1.82, 2.24) is 0 Å². The number of Topliss-reactive ketones (excluding diaryl/α,β-unsaturated/α-hetero) is 1. The number of ether oxygens (including phenoxy) is 1. The zero-order valence-corrected chi connectivity index (χ0v) is 12.1. The Bertz CT molecular complexity index is 478. The molecule has 0 amide bonds. The van der Waals surface area contributed by atoms with Crippen molar-refractivity contribution in [2.45, 2.75) is 23.4 Å². The fraction of sp³-hybridized carbons (Fsp3) is 0.364. The van der Waals surface area contributed by atoms with Gasteiger partial charge in [-0.3, -0.25) is 4.79 Å². The Morgan fingerprint density at radius 3 is 2.50 bits per heavy atom. The molecule has 1 rings (SSSR count). The van der Waals surface area contributed by atoms with E-state index in [1.54, 1.807) is 0 Å². The van der Waals surface area contributed by atoms with Gasteiger partial charge < -0.3 is 4.74 Å². The number of rotatable bonds is 6. The molecule has 0 aliphatic rings. The van der Waals surface area contributed by atoms with Crippen LogP contribution in [0.3, 0.4) is 0 Å². The number of hydrogen-bond acceptors (Lipinski definition) is 3. The monoisotopic (exact) mass is 378 g/mol. The third kappa shape index (κ3) is 5.28. The fourth-order valence-corrected chi connectivity index (χ4v) is 2.38. The van der Waals surface area contributed by atoms with Gasteiger partial charge in [-0.2, -0.15) is 22.0 Å². The molecule has 0 aliphatic carbocycles. The maximum atomic E-state index is 12.4. The van der Waals surface area contributed by atoms with E-state index < -0.39 is 40.3 Å². The van der Waals surface area contributed by atoms with Gasteiger partial charge in [-0.15, -0.1) is 0 Å². The van der Waals surface area contributed by atoms with Crippen LogP contribution in [-0.2, 0) is 0 Å². The molecule has 20 heavy (non-hydrogen) atoms. The van der Waals surface area contributed by atoms with Gasteiger partial charge in [-0.05, 0) is 23.9 Å².